The van der Waals surface area contributed by atoms with Crippen LogP contribution in [0.1, 0.15) is 17.2 Å². The van der Waals surface area contributed by atoms with E-state index < -0.39 is 0 Å². The third kappa shape index (κ3) is 2.46. The van der Waals surface area contributed by atoms with Crippen molar-refractivity contribution in [1.29, 1.82) is 5.26 Å². The van der Waals surface area contributed by atoms with Crippen molar-refractivity contribution in [3.8, 4) is 6.07 Å². The fourth-order valence-electron chi connectivity index (χ4n) is 1.65. The van der Waals surface area contributed by atoms with Crippen molar-refractivity contribution in [2.45, 2.75) is 12.3 Å². The number of pyridine rings is 1. The highest BCUT2D eigenvalue weighted by molar-refractivity contribution is 5.26. The van der Waals surface area contributed by atoms with Crippen LogP contribution in [0.4, 0.5) is 0 Å². The third-order valence-corrected chi connectivity index (χ3v) is 2.50. The minimum Gasteiger partial charge on any atom is -0.261 e. The molecule has 0 saturated carbocycles. The van der Waals surface area contributed by atoms with E-state index in [1.54, 1.807) is 6.20 Å². The number of rotatable bonds is 3. The lowest BCUT2D eigenvalue weighted by molar-refractivity contribution is 0.821. The van der Waals surface area contributed by atoms with Crippen molar-refractivity contribution >= 4 is 0 Å². The molecule has 0 aliphatic rings. The molecule has 16 heavy (non-hydrogen) atoms. The summed E-state index contributed by atoms with van der Waals surface area (Å²) in [5.41, 5.74) is 2.01. The lowest BCUT2D eigenvalue weighted by atomic mass is 9.95. The van der Waals surface area contributed by atoms with E-state index in [1.165, 1.54) is 0 Å². The van der Waals surface area contributed by atoms with E-state index in [0.717, 1.165) is 11.3 Å². The molecule has 0 amide bonds. The molecule has 1 aromatic carbocycles. The van der Waals surface area contributed by atoms with Crippen LogP contribution >= 0.6 is 0 Å². The average Bonchev–Trinajstić information content (AvgIpc) is 2.38. The Morgan fingerprint density at radius 3 is 2.44 bits per heavy atom. The summed E-state index contributed by atoms with van der Waals surface area (Å²) in [5.74, 6) is -0.115. The van der Waals surface area contributed by atoms with E-state index in [4.69, 9.17) is 5.26 Å². The summed E-state index contributed by atoms with van der Waals surface area (Å²) in [7, 11) is 0. The molecular formula is C14H12N2. The minimum absolute atomic E-state index is 0.115. The minimum atomic E-state index is -0.115. The molecule has 0 aliphatic carbocycles. The van der Waals surface area contributed by atoms with Gasteiger partial charge in [0.1, 0.15) is 0 Å². The zero-order chi connectivity index (χ0) is 11.2. The second-order valence-electron chi connectivity index (χ2n) is 3.62. The highest BCUT2D eigenvalue weighted by atomic mass is 14.7. The summed E-state index contributed by atoms with van der Waals surface area (Å²) >= 11 is 0. The van der Waals surface area contributed by atoms with Gasteiger partial charge in [-0.3, -0.25) is 4.98 Å². The van der Waals surface area contributed by atoms with Crippen LogP contribution in [0.15, 0.2) is 54.7 Å². The third-order valence-electron chi connectivity index (χ3n) is 2.50. The maximum absolute atomic E-state index is 9.16. The van der Waals surface area contributed by atoms with Gasteiger partial charge in [0, 0.05) is 18.3 Å². The summed E-state index contributed by atoms with van der Waals surface area (Å²) in [6, 6.07) is 17.9. The van der Waals surface area contributed by atoms with E-state index in [1.807, 2.05) is 48.5 Å². The molecule has 0 radical (unpaired) electrons. The molecule has 0 saturated heterocycles. The summed E-state index contributed by atoms with van der Waals surface area (Å²) in [4.78, 5) is 4.24. The predicted molar refractivity (Wildman–Crippen MR) is 62.7 cm³/mol. The molecule has 0 fully saturated rings. The van der Waals surface area contributed by atoms with Crippen molar-refractivity contribution in [1.82, 2.24) is 4.98 Å². The number of nitrogens with zero attached hydrogens (tertiary/aromatic N) is 2. The van der Waals surface area contributed by atoms with Gasteiger partial charge in [0.05, 0.1) is 12.0 Å². The largest absolute Gasteiger partial charge is 0.261 e. The Morgan fingerprint density at radius 1 is 1.06 bits per heavy atom. The van der Waals surface area contributed by atoms with Gasteiger partial charge in [-0.1, -0.05) is 36.4 Å². The zero-order valence-electron chi connectivity index (χ0n) is 8.88. The van der Waals surface area contributed by atoms with Gasteiger partial charge < -0.3 is 0 Å². The van der Waals surface area contributed by atoms with Crippen molar-refractivity contribution in [3.05, 3.63) is 66.0 Å². The van der Waals surface area contributed by atoms with E-state index >= 15 is 0 Å². The number of aromatic nitrogens is 1. The van der Waals surface area contributed by atoms with Gasteiger partial charge in [0.15, 0.2) is 0 Å². The van der Waals surface area contributed by atoms with Crippen LogP contribution in [-0.2, 0) is 6.42 Å². The molecule has 0 bridgehead atoms. The first kappa shape index (κ1) is 10.4. The van der Waals surface area contributed by atoms with Gasteiger partial charge in [-0.05, 0) is 17.7 Å². The first-order valence-electron chi connectivity index (χ1n) is 5.24. The molecule has 1 atom stereocenters. The van der Waals surface area contributed by atoms with Crippen LogP contribution in [0, 0.1) is 11.3 Å². The Kier molecular flexibility index (Phi) is 3.30. The molecule has 2 nitrogen and oxygen atoms in total. The zero-order valence-corrected chi connectivity index (χ0v) is 8.88. The maximum atomic E-state index is 9.16. The molecule has 0 N–H and O–H groups in total. The Morgan fingerprint density at radius 2 is 1.81 bits per heavy atom. The Labute approximate surface area is 95.2 Å². The molecule has 0 aliphatic heterocycles. The van der Waals surface area contributed by atoms with Crippen LogP contribution in [0.3, 0.4) is 0 Å². The standard InChI is InChI=1S/C14H12N2/c15-11-13(12-6-2-1-3-7-12)10-14-8-4-5-9-16-14/h1-9,13H,10H2. The van der Waals surface area contributed by atoms with E-state index in [0.29, 0.717) is 6.42 Å². The van der Waals surface area contributed by atoms with Crippen LogP contribution in [0.5, 0.6) is 0 Å². The summed E-state index contributed by atoms with van der Waals surface area (Å²) < 4.78 is 0. The number of hydrogen-bond donors (Lipinski definition) is 0. The number of nitriles is 1. The normalized spacial score (nSPS) is 11.7. The summed E-state index contributed by atoms with van der Waals surface area (Å²) in [6.45, 7) is 0. The second kappa shape index (κ2) is 5.09. The smallest absolute Gasteiger partial charge is 0.0768 e. The van der Waals surface area contributed by atoms with Gasteiger partial charge in [0.25, 0.3) is 0 Å². The monoisotopic (exact) mass is 208 g/mol. The molecule has 1 aromatic heterocycles. The van der Waals surface area contributed by atoms with Crippen molar-refractivity contribution in [3.63, 3.8) is 0 Å². The predicted octanol–water partition coefficient (Wildman–Crippen LogP) is 2.93. The quantitative estimate of drug-likeness (QED) is 0.777. The molecule has 78 valence electrons. The molecule has 2 aromatic rings. The van der Waals surface area contributed by atoms with Crippen LogP contribution in [-0.4, -0.2) is 4.98 Å². The summed E-state index contributed by atoms with van der Waals surface area (Å²) in [5, 5.41) is 9.16. The van der Waals surface area contributed by atoms with Gasteiger partial charge >= 0.3 is 0 Å². The second-order valence-corrected chi connectivity index (χ2v) is 3.62. The molecule has 2 heteroatoms. The molecule has 2 rings (SSSR count). The SMILES string of the molecule is N#CC(Cc1ccccn1)c1ccccc1. The van der Waals surface area contributed by atoms with Crippen LogP contribution < -0.4 is 0 Å². The fraction of sp³-hybridized carbons (Fsp3) is 0.143. The highest BCUT2D eigenvalue weighted by Gasteiger charge is 2.11. The van der Waals surface area contributed by atoms with Gasteiger partial charge in [0.2, 0.25) is 0 Å². The molecular weight excluding hydrogens is 196 g/mol. The van der Waals surface area contributed by atoms with Crippen molar-refractivity contribution in [2.24, 2.45) is 0 Å². The first-order chi connectivity index (χ1) is 7.90. The number of hydrogen-bond acceptors (Lipinski definition) is 2. The Hall–Kier alpha value is -2.14. The van der Waals surface area contributed by atoms with Crippen molar-refractivity contribution < 1.29 is 0 Å². The van der Waals surface area contributed by atoms with Gasteiger partial charge in [-0.2, -0.15) is 5.26 Å². The average molecular weight is 208 g/mol. The van der Waals surface area contributed by atoms with Crippen LogP contribution in [0.25, 0.3) is 0 Å². The topological polar surface area (TPSA) is 36.7 Å². The van der Waals surface area contributed by atoms with Crippen molar-refractivity contribution in [2.75, 3.05) is 0 Å². The molecule has 0 spiro atoms. The Bertz CT molecular complexity index is 471. The van der Waals surface area contributed by atoms with Gasteiger partial charge in [-0.15, -0.1) is 0 Å². The van der Waals surface area contributed by atoms with E-state index in [9.17, 15) is 0 Å². The van der Waals surface area contributed by atoms with Gasteiger partial charge in [-0.25, -0.2) is 0 Å². The summed E-state index contributed by atoms with van der Waals surface area (Å²) in [6.07, 6.45) is 2.43. The molecule has 1 heterocycles. The maximum Gasteiger partial charge on any atom is 0.0768 e. The van der Waals surface area contributed by atoms with E-state index in [-0.39, 0.29) is 5.92 Å². The fourth-order valence-corrected chi connectivity index (χ4v) is 1.65. The Balaban J connectivity index is 2.17. The van der Waals surface area contributed by atoms with E-state index in [2.05, 4.69) is 11.1 Å². The highest BCUT2D eigenvalue weighted by Crippen LogP contribution is 2.18. The lowest BCUT2D eigenvalue weighted by Gasteiger charge is -2.08. The molecule has 1 unspecified atom stereocenters. The first-order valence-corrected chi connectivity index (χ1v) is 5.24. The van der Waals surface area contributed by atoms with Crippen LogP contribution in [0.2, 0.25) is 0 Å². The lowest BCUT2D eigenvalue weighted by Crippen LogP contribution is -2.01. The number of benzene rings is 1.